The minimum absolute atomic E-state index is 0.166. The fourth-order valence-electron chi connectivity index (χ4n) is 2.58. The normalized spacial score (nSPS) is 11.9. The molecule has 2 aromatic rings. The average molecular weight is 329 g/mol. The maximum absolute atomic E-state index is 11.4. The monoisotopic (exact) mass is 329 g/mol. The number of hydrogen-bond acceptors (Lipinski definition) is 3. The van der Waals surface area contributed by atoms with Crippen molar-refractivity contribution in [2.75, 3.05) is 6.26 Å². The molecule has 3 nitrogen and oxygen atoms in total. The third kappa shape index (κ3) is 5.41. The number of carbonyl (C=O) groups excluding carboxylic acids is 1. The van der Waals surface area contributed by atoms with E-state index in [4.69, 9.17) is 5.21 Å². The summed E-state index contributed by atoms with van der Waals surface area (Å²) >= 11 is 1.48. The molecule has 0 fully saturated rings. The first-order valence-corrected chi connectivity index (χ1v) is 9.14. The molecule has 0 radical (unpaired) electrons. The Bertz CT molecular complexity index is 599. The zero-order valence-electron chi connectivity index (χ0n) is 13.4. The molecule has 122 valence electrons. The van der Waals surface area contributed by atoms with Crippen LogP contribution in [0.25, 0.3) is 11.1 Å². The van der Waals surface area contributed by atoms with Gasteiger partial charge in [0.1, 0.15) is 0 Å². The van der Waals surface area contributed by atoms with Crippen LogP contribution in [0, 0.1) is 0 Å². The number of hydrogen-bond donors (Lipinski definition) is 2. The lowest BCUT2D eigenvalue weighted by Crippen LogP contribution is -2.29. The summed E-state index contributed by atoms with van der Waals surface area (Å²) in [5.74, 6) is -0.301. The number of unbranched alkanes of at least 4 members (excludes halogenated alkanes) is 1. The molecule has 2 rings (SSSR count). The number of hydroxylamine groups is 1. The molecule has 0 aliphatic carbocycles. The summed E-state index contributed by atoms with van der Waals surface area (Å²) in [7, 11) is 0. The molecule has 0 aromatic heterocycles. The van der Waals surface area contributed by atoms with Gasteiger partial charge in [-0.2, -0.15) is 11.8 Å². The quantitative estimate of drug-likeness (QED) is 0.431. The van der Waals surface area contributed by atoms with Crippen LogP contribution in [0.3, 0.4) is 0 Å². The van der Waals surface area contributed by atoms with Crippen molar-refractivity contribution in [2.45, 2.75) is 30.9 Å². The Labute approximate surface area is 142 Å². The van der Waals surface area contributed by atoms with Crippen molar-refractivity contribution in [1.82, 2.24) is 5.48 Å². The van der Waals surface area contributed by atoms with Crippen molar-refractivity contribution in [2.24, 2.45) is 0 Å². The SMILES string of the molecule is CSC(CCCCc1ccc(-c2ccccc2)cc1)C(=O)NO. The second-order valence-corrected chi connectivity index (χ2v) is 6.55. The van der Waals surface area contributed by atoms with Gasteiger partial charge in [-0.1, -0.05) is 61.0 Å². The molecule has 2 N–H and O–H groups in total. The lowest BCUT2D eigenvalue weighted by Gasteiger charge is -2.11. The Morgan fingerprint density at radius 2 is 1.70 bits per heavy atom. The summed E-state index contributed by atoms with van der Waals surface area (Å²) in [4.78, 5) is 11.4. The number of amides is 1. The summed E-state index contributed by atoms with van der Waals surface area (Å²) in [6.07, 6.45) is 5.70. The van der Waals surface area contributed by atoms with Gasteiger partial charge in [-0.15, -0.1) is 0 Å². The van der Waals surface area contributed by atoms with Gasteiger partial charge in [-0.3, -0.25) is 10.0 Å². The van der Waals surface area contributed by atoms with Crippen LogP contribution in [-0.4, -0.2) is 22.6 Å². The molecule has 0 saturated heterocycles. The molecule has 23 heavy (non-hydrogen) atoms. The highest BCUT2D eigenvalue weighted by Gasteiger charge is 2.15. The number of aryl methyl sites for hydroxylation is 1. The van der Waals surface area contributed by atoms with E-state index in [1.807, 2.05) is 24.5 Å². The molecule has 1 unspecified atom stereocenters. The van der Waals surface area contributed by atoms with Gasteiger partial charge in [0.15, 0.2) is 0 Å². The van der Waals surface area contributed by atoms with Gasteiger partial charge >= 0.3 is 0 Å². The minimum Gasteiger partial charge on any atom is -0.289 e. The second kappa shape index (κ2) is 9.38. The van der Waals surface area contributed by atoms with Crippen molar-refractivity contribution in [1.29, 1.82) is 0 Å². The molecule has 0 bridgehead atoms. The Morgan fingerprint density at radius 1 is 1.04 bits per heavy atom. The number of rotatable bonds is 8. The zero-order valence-corrected chi connectivity index (χ0v) is 14.2. The van der Waals surface area contributed by atoms with E-state index in [-0.39, 0.29) is 11.2 Å². The highest BCUT2D eigenvalue weighted by Crippen LogP contribution is 2.20. The van der Waals surface area contributed by atoms with Crippen molar-refractivity contribution >= 4 is 17.7 Å². The van der Waals surface area contributed by atoms with Gasteiger partial charge in [0, 0.05) is 0 Å². The van der Waals surface area contributed by atoms with Crippen LogP contribution < -0.4 is 5.48 Å². The molecule has 0 aliphatic rings. The van der Waals surface area contributed by atoms with Crippen molar-refractivity contribution in [3.8, 4) is 11.1 Å². The topological polar surface area (TPSA) is 49.3 Å². The predicted molar refractivity (Wildman–Crippen MR) is 96.7 cm³/mol. The van der Waals surface area contributed by atoms with Gasteiger partial charge in [0.05, 0.1) is 5.25 Å². The molecule has 2 aromatic carbocycles. The highest BCUT2D eigenvalue weighted by atomic mass is 32.2. The third-order valence-corrected chi connectivity index (χ3v) is 4.95. The third-order valence-electron chi connectivity index (χ3n) is 3.93. The molecule has 0 saturated carbocycles. The van der Waals surface area contributed by atoms with Gasteiger partial charge in [-0.05, 0) is 42.2 Å². The van der Waals surface area contributed by atoms with Gasteiger partial charge < -0.3 is 0 Å². The van der Waals surface area contributed by atoms with Gasteiger partial charge in [0.2, 0.25) is 0 Å². The van der Waals surface area contributed by atoms with Crippen LogP contribution in [-0.2, 0) is 11.2 Å². The van der Waals surface area contributed by atoms with E-state index >= 15 is 0 Å². The van der Waals surface area contributed by atoms with Crippen molar-refractivity contribution < 1.29 is 10.0 Å². The van der Waals surface area contributed by atoms with Crippen LogP contribution in [0.2, 0.25) is 0 Å². The summed E-state index contributed by atoms with van der Waals surface area (Å²) in [6, 6.07) is 19.0. The average Bonchev–Trinajstić information content (AvgIpc) is 2.62. The molecular weight excluding hydrogens is 306 g/mol. The van der Waals surface area contributed by atoms with E-state index in [2.05, 4.69) is 36.4 Å². The summed E-state index contributed by atoms with van der Waals surface area (Å²) in [6.45, 7) is 0. The van der Waals surface area contributed by atoms with E-state index in [9.17, 15) is 4.79 Å². The summed E-state index contributed by atoms with van der Waals surface area (Å²) in [5, 5.41) is 8.51. The van der Waals surface area contributed by atoms with Crippen molar-refractivity contribution in [3.05, 3.63) is 60.2 Å². The Hall–Kier alpha value is -1.78. The highest BCUT2D eigenvalue weighted by molar-refractivity contribution is 7.99. The first-order chi connectivity index (χ1) is 11.2. The minimum atomic E-state index is -0.301. The molecule has 0 spiro atoms. The molecule has 0 aliphatic heterocycles. The molecule has 1 atom stereocenters. The molecule has 1 amide bonds. The number of thioether (sulfide) groups is 1. The molecule has 0 heterocycles. The van der Waals surface area contributed by atoms with Crippen LogP contribution in [0.5, 0.6) is 0 Å². The largest absolute Gasteiger partial charge is 0.289 e. The Morgan fingerprint density at radius 3 is 2.30 bits per heavy atom. The second-order valence-electron chi connectivity index (χ2n) is 5.51. The van der Waals surface area contributed by atoms with Crippen LogP contribution in [0.1, 0.15) is 24.8 Å². The standard InChI is InChI=1S/C19H23NO2S/c1-23-18(19(21)20-22)10-6-5-7-15-11-13-17(14-12-15)16-8-3-2-4-9-16/h2-4,8-9,11-14,18,22H,5-7,10H2,1H3,(H,20,21). The van der Waals surface area contributed by atoms with E-state index in [1.54, 1.807) is 5.48 Å². The molecular formula is C19H23NO2S. The first-order valence-electron chi connectivity index (χ1n) is 7.85. The Kier molecular flexibility index (Phi) is 7.17. The van der Waals surface area contributed by atoms with Crippen molar-refractivity contribution in [3.63, 3.8) is 0 Å². The molecule has 4 heteroatoms. The fourth-order valence-corrected chi connectivity index (χ4v) is 3.25. The smallest absolute Gasteiger partial charge is 0.256 e. The van der Waals surface area contributed by atoms with Crippen LogP contribution >= 0.6 is 11.8 Å². The fraction of sp³-hybridized carbons (Fsp3) is 0.316. The lowest BCUT2D eigenvalue weighted by atomic mass is 10.0. The maximum atomic E-state index is 11.4. The predicted octanol–water partition coefficient (Wildman–Crippen LogP) is 4.30. The summed E-state index contributed by atoms with van der Waals surface area (Å²) < 4.78 is 0. The van der Waals surface area contributed by atoms with E-state index in [1.165, 1.54) is 28.5 Å². The lowest BCUT2D eigenvalue weighted by molar-refractivity contribution is -0.128. The van der Waals surface area contributed by atoms with Crippen LogP contribution in [0.4, 0.5) is 0 Å². The number of benzene rings is 2. The number of nitrogens with one attached hydrogen (secondary N) is 1. The van der Waals surface area contributed by atoms with Crippen LogP contribution in [0.15, 0.2) is 54.6 Å². The van der Waals surface area contributed by atoms with Gasteiger partial charge in [-0.25, -0.2) is 5.48 Å². The van der Waals surface area contributed by atoms with E-state index in [0.29, 0.717) is 0 Å². The zero-order chi connectivity index (χ0) is 16.5. The summed E-state index contributed by atoms with van der Waals surface area (Å²) in [5.41, 5.74) is 5.52. The van der Waals surface area contributed by atoms with Gasteiger partial charge in [0.25, 0.3) is 5.91 Å². The maximum Gasteiger partial charge on any atom is 0.256 e. The van der Waals surface area contributed by atoms with E-state index < -0.39 is 0 Å². The first kappa shape index (κ1) is 17.6. The Balaban J connectivity index is 1.79. The van der Waals surface area contributed by atoms with E-state index in [0.717, 1.165) is 25.7 Å². The number of carbonyl (C=O) groups is 1.